The summed E-state index contributed by atoms with van der Waals surface area (Å²) in [7, 11) is 0. The van der Waals surface area contributed by atoms with E-state index in [0.29, 0.717) is 0 Å². The normalized spacial score (nSPS) is 31.5. The Morgan fingerprint density at radius 1 is 1.75 bits per heavy atom. The Labute approximate surface area is 49.3 Å². The van der Waals surface area contributed by atoms with Crippen LogP contribution < -0.4 is 5.90 Å². The Bertz CT molecular complexity index is 76.8. The number of nitrogens with zero attached hydrogens (tertiary/aromatic N) is 1. The smallest absolute Gasteiger partial charge is 0.0285 e. The molecule has 0 aliphatic carbocycles. The summed E-state index contributed by atoms with van der Waals surface area (Å²) < 4.78 is 0. The van der Waals surface area contributed by atoms with Crippen molar-refractivity contribution in [2.75, 3.05) is 13.1 Å². The Morgan fingerprint density at radius 3 is 2.75 bits per heavy atom. The van der Waals surface area contributed by atoms with E-state index in [1.807, 2.05) is 0 Å². The molecule has 1 rings (SSSR count). The average Bonchev–Trinajstić information content (AvgIpc) is 2.14. The van der Waals surface area contributed by atoms with Gasteiger partial charge >= 0.3 is 0 Å². The molecule has 1 unspecified atom stereocenters. The molecular weight excluding hydrogens is 104 g/mol. The summed E-state index contributed by atoms with van der Waals surface area (Å²) in [5.74, 6) is 5.67. The highest BCUT2D eigenvalue weighted by Gasteiger charge is 2.17. The van der Waals surface area contributed by atoms with Crippen LogP contribution in [0, 0.1) is 5.92 Å². The summed E-state index contributed by atoms with van der Waals surface area (Å²) in [5, 5.41) is 1.78. The molecule has 0 spiro atoms. The molecule has 8 heavy (non-hydrogen) atoms. The van der Waals surface area contributed by atoms with Crippen LogP contribution in [-0.2, 0) is 4.94 Å². The van der Waals surface area contributed by atoms with Crippen LogP contribution in [0.2, 0.25) is 0 Å². The summed E-state index contributed by atoms with van der Waals surface area (Å²) in [6.07, 6.45) is 1.21. The summed E-state index contributed by atoms with van der Waals surface area (Å²) in [6.45, 7) is 4.16. The minimum absolute atomic E-state index is 0.749. The molecule has 1 heterocycles. The largest absolute Gasteiger partial charge is 0.214 e. The second-order valence-corrected chi connectivity index (χ2v) is 2.39. The van der Waals surface area contributed by atoms with E-state index >= 15 is 0 Å². The van der Waals surface area contributed by atoms with Crippen molar-refractivity contribution in [1.82, 2.24) is 5.06 Å². The fourth-order valence-corrected chi connectivity index (χ4v) is 0.990. The molecule has 0 amide bonds. The first kappa shape index (κ1) is 6.01. The van der Waals surface area contributed by atoms with Crippen LogP contribution >= 0.6 is 0 Å². The Balaban J connectivity index is 2.22. The third kappa shape index (κ3) is 1.18. The lowest BCUT2D eigenvalue weighted by Gasteiger charge is -2.08. The number of hydrogen-bond acceptors (Lipinski definition) is 3. The van der Waals surface area contributed by atoms with Crippen LogP contribution in [-0.4, -0.2) is 18.2 Å². The van der Waals surface area contributed by atoms with Gasteiger partial charge in [-0.1, -0.05) is 6.92 Å². The van der Waals surface area contributed by atoms with Crippen molar-refractivity contribution in [1.29, 1.82) is 0 Å². The van der Waals surface area contributed by atoms with Gasteiger partial charge in [-0.25, -0.2) is 4.94 Å². The van der Waals surface area contributed by atoms with Gasteiger partial charge in [0.05, 0.1) is 0 Å². The number of hydrogen-bond donors (Lipinski definition) is 1. The van der Waals surface area contributed by atoms with Crippen molar-refractivity contribution < 1.29 is 4.94 Å². The van der Waals surface area contributed by atoms with E-state index in [-0.39, 0.29) is 0 Å². The molecule has 0 aromatic heterocycles. The zero-order valence-electron chi connectivity index (χ0n) is 5.13. The van der Waals surface area contributed by atoms with Crippen LogP contribution in [0.15, 0.2) is 0 Å². The average molecular weight is 116 g/mol. The fourth-order valence-electron chi connectivity index (χ4n) is 0.990. The predicted octanol–water partition coefficient (Wildman–Crippen LogP) is 0.134. The lowest BCUT2D eigenvalue weighted by molar-refractivity contribution is -0.148. The van der Waals surface area contributed by atoms with E-state index in [1.54, 1.807) is 5.06 Å². The van der Waals surface area contributed by atoms with Crippen molar-refractivity contribution >= 4 is 0 Å². The Hall–Kier alpha value is -0.120. The van der Waals surface area contributed by atoms with Crippen molar-refractivity contribution in [3.05, 3.63) is 0 Å². The molecule has 0 saturated carbocycles. The molecule has 1 aliphatic heterocycles. The van der Waals surface area contributed by atoms with Crippen LogP contribution in [0.1, 0.15) is 13.3 Å². The summed E-state index contributed by atoms with van der Waals surface area (Å²) >= 11 is 0. The molecule has 3 heteroatoms. The first-order chi connectivity index (χ1) is 3.83. The molecule has 0 aromatic carbocycles. The van der Waals surface area contributed by atoms with Crippen LogP contribution in [0.3, 0.4) is 0 Å². The quantitative estimate of drug-likeness (QED) is 0.495. The van der Waals surface area contributed by atoms with Gasteiger partial charge in [-0.2, -0.15) is 11.0 Å². The van der Waals surface area contributed by atoms with Crippen LogP contribution in [0.4, 0.5) is 0 Å². The number of nitrogens with two attached hydrogens (primary N) is 1. The molecule has 48 valence electrons. The zero-order valence-corrected chi connectivity index (χ0v) is 5.13. The Kier molecular flexibility index (Phi) is 1.83. The minimum atomic E-state index is 0.749. The Morgan fingerprint density at radius 2 is 2.50 bits per heavy atom. The SMILES string of the molecule is CC1CCN(ON)C1. The highest BCUT2D eigenvalue weighted by molar-refractivity contribution is 4.64. The third-order valence-electron chi connectivity index (χ3n) is 1.54. The summed E-state index contributed by atoms with van der Waals surface area (Å²) in [5.41, 5.74) is 0. The standard InChI is InChI=1S/C5H12N2O/c1-5-2-3-7(4-5)8-6/h5H,2-4,6H2,1H3. The van der Waals surface area contributed by atoms with Gasteiger partial charge in [0.2, 0.25) is 0 Å². The van der Waals surface area contributed by atoms with Gasteiger partial charge in [0, 0.05) is 13.1 Å². The van der Waals surface area contributed by atoms with Crippen molar-refractivity contribution in [2.45, 2.75) is 13.3 Å². The lowest BCUT2D eigenvalue weighted by atomic mass is 10.2. The highest BCUT2D eigenvalue weighted by Crippen LogP contribution is 2.13. The zero-order chi connectivity index (χ0) is 5.98. The van der Waals surface area contributed by atoms with E-state index in [4.69, 9.17) is 5.90 Å². The maximum Gasteiger partial charge on any atom is 0.0285 e. The summed E-state index contributed by atoms with van der Waals surface area (Å²) in [6, 6.07) is 0. The second kappa shape index (κ2) is 2.44. The molecule has 0 radical (unpaired) electrons. The van der Waals surface area contributed by atoms with Gasteiger partial charge in [-0.15, -0.1) is 0 Å². The third-order valence-corrected chi connectivity index (χ3v) is 1.54. The molecular formula is C5H12N2O. The van der Waals surface area contributed by atoms with Crippen molar-refractivity contribution in [3.63, 3.8) is 0 Å². The summed E-state index contributed by atoms with van der Waals surface area (Å²) in [4.78, 5) is 4.51. The first-order valence-electron chi connectivity index (χ1n) is 2.94. The van der Waals surface area contributed by atoms with E-state index < -0.39 is 0 Å². The maximum atomic E-state index is 4.92. The first-order valence-corrected chi connectivity index (χ1v) is 2.94. The fraction of sp³-hybridized carbons (Fsp3) is 1.00. The molecule has 1 aliphatic rings. The van der Waals surface area contributed by atoms with Gasteiger partial charge in [-0.3, -0.25) is 0 Å². The van der Waals surface area contributed by atoms with Gasteiger partial charge < -0.3 is 0 Å². The van der Waals surface area contributed by atoms with Gasteiger partial charge in [-0.05, 0) is 12.3 Å². The van der Waals surface area contributed by atoms with Gasteiger partial charge in [0.25, 0.3) is 0 Å². The van der Waals surface area contributed by atoms with Gasteiger partial charge in [0.1, 0.15) is 0 Å². The van der Waals surface area contributed by atoms with Crippen LogP contribution in [0.25, 0.3) is 0 Å². The van der Waals surface area contributed by atoms with Crippen LogP contribution in [0.5, 0.6) is 0 Å². The van der Waals surface area contributed by atoms with Crippen molar-refractivity contribution in [3.8, 4) is 0 Å². The highest BCUT2D eigenvalue weighted by atomic mass is 16.8. The molecule has 1 saturated heterocycles. The number of rotatable bonds is 1. The van der Waals surface area contributed by atoms with Gasteiger partial charge in [0.15, 0.2) is 0 Å². The van der Waals surface area contributed by atoms with E-state index in [9.17, 15) is 0 Å². The molecule has 1 fully saturated rings. The maximum absolute atomic E-state index is 4.92. The topological polar surface area (TPSA) is 38.5 Å². The van der Waals surface area contributed by atoms with E-state index in [0.717, 1.165) is 19.0 Å². The van der Waals surface area contributed by atoms with E-state index in [1.165, 1.54) is 6.42 Å². The second-order valence-electron chi connectivity index (χ2n) is 2.39. The monoisotopic (exact) mass is 116 g/mol. The lowest BCUT2D eigenvalue weighted by Crippen LogP contribution is -2.24. The van der Waals surface area contributed by atoms with Crippen molar-refractivity contribution in [2.24, 2.45) is 11.8 Å². The predicted molar refractivity (Wildman–Crippen MR) is 30.6 cm³/mol. The number of hydroxylamine groups is 2. The van der Waals surface area contributed by atoms with E-state index in [2.05, 4.69) is 11.9 Å². The molecule has 0 aromatic rings. The molecule has 0 bridgehead atoms. The molecule has 2 N–H and O–H groups in total. The molecule has 3 nitrogen and oxygen atoms in total. The minimum Gasteiger partial charge on any atom is -0.214 e. The molecule has 1 atom stereocenters.